The smallest absolute Gasteiger partial charge is 0.335 e. The molecule has 0 saturated heterocycles. The number of carbonyl (C=O) groups is 2. The second-order valence-electron chi connectivity index (χ2n) is 12.6. The number of carboxylic acids is 1. The summed E-state index contributed by atoms with van der Waals surface area (Å²) in [7, 11) is 0. The number of aromatic amines is 1. The molecule has 1 amide bonds. The Kier molecular flexibility index (Phi) is 8.71. The number of carboxylic acid groups (broad SMARTS) is 1. The lowest BCUT2D eigenvalue weighted by molar-refractivity contribution is 0.0695. The molecule has 3 aromatic carbocycles. The first kappa shape index (κ1) is 32.9. The molecule has 4 heterocycles. The highest BCUT2D eigenvalue weighted by molar-refractivity contribution is 6.35. The number of aromatic nitrogens is 3. The minimum atomic E-state index is -1.12. The lowest BCUT2D eigenvalue weighted by Gasteiger charge is -2.28. The zero-order valence-electron chi connectivity index (χ0n) is 27.7. The minimum absolute atomic E-state index is 0.0156. The number of H-pyrrole nitrogens is 1. The number of benzene rings is 3. The van der Waals surface area contributed by atoms with Gasteiger partial charge in [0.15, 0.2) is 11.5 Å². The maximum Gasteiger partial charge on any atom is 0.335 e. The Hall–Kier alpha value is -4.67. The molecular weight excluding hydrogens is 667 g/mol. The van der Waals surface area contributed by atoms with Crippen molar-refractivity contribution in [1.82, 2.24) is 14.8 Å². The zero-order chi connectivity index (χ0) is 34.6. The van der Waals surface area contributed by atoms with Gasteiger partial charge in [-0.2, -0.15) is 5.10 Å². The van der Waals surface area contributed by atoms with E-state index in [0.717, 1.165) is 60.9 Å². The number of anilines is 1. The number of amides is 1. The van der Waals surface area contributed by atoms with Gasteiger partial charge >= 0.3 is 5.97 Å². The summed E-state index contributed by atoms with van der Waals surface area (Å²) in [6, 6.07) is 10.7. The molecule has 0 spiro atoms. The van der Waals surface area contributed by atoms with Gasteiger partial charge in [-0.25, -0.2) is 4.79 Å². The predicted octanol–water partition coefficient (Wildman–Crippen LogP) is 8.10. The number of hydrogen-bond acceptors (Lipinski definition) is 6. The fourth-order valence-corrected chi connectivity index (χ4v) is 7.46. The lowest BCUT2D eigenvalue weighted by Crippen LogP contribution is -2.33. The number of fused-ring (bicyclic) bond motifs is 4. The van der Waals surface area contributed by atoms with Gasteiger partial charge < -0.3 is 28.8 Å². The minimum Gasteiger partial charge on any atom is -0.494 e. The number of ether oxygens (including phenoxy) is 3. The number of hydrogen-bond donors (Lipinski definition) is 2. The Labute approximate surface area is 293 Å². The van der Waals surface area contributed by atoms with Gasteiger partial charge in [-0.15, -0.1) is 0 Å². The second kappa shape index (κ2) is 13.0. The van der Waals surface area contributed by atoms with Crippen LogP contribution in [0.25, 0.3) is 22.0 Å². The zero-order valence-corrected chi connectivity index (χ0v) is 29.2. The van der Waals surface area contributed by atoms with E-state index in [1.165, 1.54) is 12.1 Å². The van der Waals surface area contributed by atoms with E-state index < -0.39 is 5.97 Å². The molecule has 0 aliphatic carbocycles. The maximum absolute atomic E-state index is 14.9. The fraction of sp³-hybridized carbons (Fsp3) is 0.324. The van der Waals surface area contributed by atoms with E-state index in [4.69, 9.17) is 37.4 Å². The molecule has 5 aromatic rings. The lowest BCUT2D eigenvalue weighted by atomic mass is 9.98. The number of halogens is 2. The monoisotopic (exact) mass is 702 g/mol. The van der Waals surface area contributed by atoms with Crippen LogP contribution in [0.15, 0.2) is 36.4 Å². The van der Waals surface area contributed by atoms with Crippen LogP contribution < -0.4 is 19.1 Å². The van der Waals surface area contributed by atoms with E-state index in [9.17, 15) is 14.7 Å². The number of nitrogens with one attached hydrogen (secondary N) is 1. The molecule has 0 bridgehead atoms. The van der Waals surface area contributed by atoms with Crippen molar-refractivity contribution in [3.63, 3.8) is 0 Å². The van der Waals surface area contributed by atoms with E-state index in [2.05, 4.69) is 14.8 Å². The Morgan fingerprint density at radius 3 is 2.49 bits per heavy atom. The molecule has 10 nitrogen and oxygen atoms in total. The van der Waals surface area contributed by atoms with Crippen LogP contribution >= 0.6 is 23.2 Å². The standard InChI is InChI=1S/C37H36Cl2N4O6/c1-19-15-24(16-20(2)32(19)39)47-12-5-7-25-26-8-9-27(38)31(30-21(3)40-41-22(30)4)33(26)43-11-6-10-42(36(44)34(25)43)28-17-23(37(45)46)18-29-35(28)49-14-13-48-29/h8-9,15-18H,5-7,10-14H2,1-4H3,(H,40,41)(H,45,46). The summed E-state index contributed by atoms with van der Waals surface area (Å²) in [5, 5.41) is 19.7. The molecule has 0 saturated carbocycles. The van der Waals surface area contributed by atoms with Crippen molar-refractivity contribution in [1.29, 1.82) is 0 Å². The molecule has 2 aliphatic rings. The molecule has 12 heteroatoms. The first-order chi connectivity index (χ1) is 23.5. The largest absolute Gasteiger partial charge is 0.494 e. The normalized spacial score (nSPS) is 14.2. The predicted molar refractivity (Wildman–Crippen MR) is 189 cm³/mol. The van der Waals surface area contributed by atoms with Gasteiger partial charge in [0.25, 0.3) is 5.91 Å². The second-order valence-corrected chi connectivity index (χ2v) is 13.3. The molecule has 0 unspecified atom stereocenters. The Bertz CT molecular complexity index is 2110. The molecule has 254 valence electrons. The summed E-state index contributed by atoms with van der Waals surface area (Å²) >= 11 is 13.4. The van der Waals surface area contributed by atoms with E-state index in [0.29, 0.717) is 66.9 Å². The van der Waals surface area contributed by atoms with Crippen LogP contribution in [0, 0.1) is 27.7 Å². The highest BCUT2D eigenvalue weighted by atomic mass is 35.5. The summed E-state index contributed by atoms with van der Waals surface area (Å²) in [6.45, 7) is 9.68. The third kappa shape index (κ3) is 5.76. The van der Waals surface area contributed by atoms with Gasteiger partial charge in [0.05, 0.1) is 34.1 Å². The molecule has 2 N–H and O–H groups in total. The quantitative estimate of drug-likeness (QED) is 0.157. The van der Waals surface area contributed by atoms with Crippen LogP contribution in [0.2, 0.25) is 10.0 Å². The van der Waals surface area contributed by atoms with Crippen molar-refractivity contribution in [2.45, 2.75) is 53.5 Å². The van der Waals surface area contributed by atoms with Gasteiger partial charge in [-0.05, 0) is 94.0 Å². The Balaban J connectivity index is 1.36. The van der Waals surface area contributed by atoms with E-state index in [1.807, 2.05) is 52.0 Å². The topological polar surface area (TPSA) is 119 Å². The molecular formula is C37H36Cl2N4O6. The Morgan fingerprint density at radius 2 is 1.78 bits per heavy atom. The SMILES string of the molecule is Cc1cc(OCCCc2c3n(c4c(-c5c(C)n[nH]c5C)c(Cl)ccc24)CCCN(c2cc(C(=O)O)cc4c2OCCO4)C3=O)cc(C)c1Cl. The first-order valence-electron chi connectivity index (χ1n) is 16.3. The van der Waals surface area contributed by atoms with E-state index >= 15 is 0 Å². The Morgan fingerprint density at radius 1 is 1.02 bits per heavy atom. The highest BCUT2D eigenvalue weighted by Gasteiger charge is 2.35. The molecule has 0 atom stereocenters. The molecule has 7 rings (SSSR count). The van der Waals surface area contributed by atoms with Crippen LogP contribution in [0.5, 0.6) is 17.2 Å². The number of carbonyl (C=O) groups excluding carboxylic acids is 1. The van der Waals surface area contributed by atoms with E-state index in [-0.39, 0.29) is 24.7 Å². The molecule has 0 radical (unpaired) electrons. The summed E-state index contributed by atoms with van der Waals surface area (Å²) in [5.41, 5.74) is 7.96. The van der Waals surface area contributed by atoms with Gasteiger partial charge in [-0.1, -0.05) is 29.3 Å². The average Bonchev–Trinajstić information content (AvgIpc) is 3.51. The van der Waals surface area contributed by atoms with Gasteiger partial charge in [-0.3, -0.25) is 9.89 Å². The summed E-state index contributed by atoms with van der Waals surface area (Å²) in [5.74, 6) is 0.0454. The number of rotatable bonds is 8. The summed E-state index contributed by atoms with van der Waals surface area (Å²) < 4.78 is 20.0. The number of aromatic carboxylic acids is 1. The first-order valence-corrected chi connectivity index (χ1v) is 17.0. The average molecular weight is 704 g/mol. The molecule has 2 aromatic heterocycles. The van der Waals surface area contributed by atoms with Gasteiger partial charge in [0.2, 0.25) is 0 Å². The third-order valence-corrected chi connectivity index (χ3v) is 10.2. The van der Waals surface area contributed by atoms with Crippen molar-refractivity contribution in [2.24, 2.45) is 0 Å². The van der Waals surface area contributed by atoms with Crippen LogP contribution in [0.4, 0.5) is 5.69 Å². The van der Waals surface area contributed by atoms with E-state index in [1.54, 1.807) is 4.90 Å². The summed E-state index contributed by atoms with van der Waals surface area (Å²) in [4.78, 5) is 28.7. The van der Waals surface area contributed by atoms with Crippen molar-refractivity contribution in [2.75, 3.05) is 31.3 Å². The van der Waals surface area contributed by atoms with Crippen LogP contribution in [0.1, 0.15) is 61.8 Å². The summed E-state index contributed by atoms with van der Waals surface area (Å²) in [6.07, 6.45) is 1.77. The van der Waals surface area contributed by atoms with Crippen LogP contribution in [-0.2, 0) is 13.0 Å². The van der Waals surface area contributed by atoms with Crippen LogP contribution in [-0.4, -0.2) is 58.1 Å². The fourth-order valence-electron chi connectivity index (χ4n) is 7.10. The van der Waals surface area contributed by atoms with Gasteiger partial charge in [0, 0.05) is 40.3 Å². The van der Waals surface area contributed by atoms with Gasteiger partial charge in [0.1, 0.15) is 24.7 Å². The molecule has 0 fully saturated rings. The molecule has 49 heavy (non-hydrogen) atoms. The van der Waals surface area contributed by atoms with Crippen molar-refractivity contribution in [3.8, 4) is 28.4 Å². The molecule has 2 aliphatic heterocycles. The highest BCUT2D eigenvalue weighted by Crippen LogP contribution is 2.45. The van der Waals surface area contributed by atoms with Crippen molar-refractivity contribution in [3.05, 3.63) is 85.8 Å². The third-order valence-electron chi connectivity index (χ3n) is 9.28. The maximum atomic E-state index is 14.9. The van der Waals surface area contributed by atoms with Crippen molar-refractivity contribution >= 4 is 51.7 Å². The number of nitrogens with zero attached hydrogens (tertiary/aromatic N) is 3. The number of aryl methyl sites for hydroxylation is 6. The van der Waals surface area contributed by atoms with Crippen molar-refractivity contribution < 1.29 is 28.9 Å². The van der Waals surface area contributed by atoms with Crippen LogP contribution in [0.3, 0.4) is 0 Å².